The van der Waals surface area contributed by atoms with E-state index in [0.717, 1.165) is 125 Å². The van der Waals surface area contributed by atoms with E-state index >= 15 is 0 Å². The van der Waals surface area contributed by atoms with Gasteiger partial charge < -0.3 is 41.2 Å². The van der Waals surface area contributed by atoms with Crippen LogP contribution in [0.25, 0.3) is 89.2 Å². The third-order valence-corrected chi connectivity index (χ3v) is 14.2. The summed E-state index contributed by atoms with van der Waals surface area (Å²) in [7, 11) is 11.7. The van der Waals surface area contributed by atoms with Crippen molar-refractivity contribution in [3.63, 3.8) is 0 Å². The van der Waals surface area contributed by atoms with Gasteiger partial charge >= 0.3 is 0 Å². The van der Waals surface area contributed by atoms with Gasteiger partial charge in [-0.15, -0.1) is 0 Å². The zero-order chi connectivity index (χ0) is 57.1. The summed E-state index contributed by atoms with van der Waals surface area (Å²) in [5.74, 6) is 0. The minimum absolute atomic E-state index is 0.341. The normalized spacial score (nSPS) is 11.3. The number of hydrogen-bond acceptors (Lipinski definition) is 12. The average molecular weight is 1080 g/mol. The van der Waals surface area contributed by atoms with Gasteiger partial charge in [-0.3, -0.25) is 18.7 Å². The maximum Gasteiger partial charge on any atom is 0.139 e. The fraction of sp³-hybridized carbons (Fsp3) is 0.333. The smallest absolute Gasteiger partial charge is 0.139 e. The van der Waals surface area contributed by atoms with Gasteiger partial charge in [-0.2, -0.15) is 20.4 Å². The van der Waals surface area contributed by atoms with Crippen LogP contribution in [0.3, 0.4) is 0 Å². The van der Waals surface area contributed by atoms with Gasteiger partial charge in [0.1, 0.15) is 22.6 Å². The number of aromatic nitrogens is 16. The second-order valence-electron chi connectivity index (χ2n) is 20.8. The summed E-state index contributed by atoms with van der Waals surface area (Å²) in [6.07, 6.45) is 21.3. The fourth-order valence-electron chi connectivity index (χ4n) is 10.2. The van der Waals surface area contributed by atoms with E-state index in [1.807, 2.05) is 130 Å². The average Bonchev–Trinajstić information content (AvgIpc) is 4.35. The van der Waals surface area contributed by atoms with Crippen molar-refractivity contribution in [1.82, 2.24) is 79.0 Å². The van der Waals surface area contributed by atoms with E-state index in [1.54, 1.807) is 4.68 Å². The molecule has 0 aliphatic heterocycles. The molecule has 0 aromatic carbocycles. The molecule has 0 saturated heterocycles. The van der Waals surface area contributed by atoms with Gasteiger partial charge in [0.15, 0.2) is 0 Å². The molecule has 416 valence electrons. The molecule has 0 bridgehead atoms. The summed E-state index contributed by atoms with van der Waals surface area (Å²) in [6, 6.07) is 8.97. The van der Waals surface area contributed by atoms with Crippen LogP contribution in [-0.4, -0.2) is 105 Å². The summed E-state index contributed by atoms with van der Waals surface area (Å²) in [5.41, 5.74) is 23.1. The van der Waals surface area contributed by atoms with Gasteiger partial charge in [0.2, 0.25) is 0 Å². The third-order valence-electron chi connectivity index (χ3n) is 14.2. The number of pyridine rings is 4. The quantitative estimate of drug-likeness (QED) is 0.0571. The monoisotopic (exact) mass is 1080 g/mol. The molecule has 12 heterocycles. The number of aryl methyl sites for hydroxylation is 10. The van der Waals surface area contributed by atoms with Crippen molar-refractivity contribution in [2.24, 2.45) is 28.2 Å². The largest absolute Gasteiger partial charge is 0.387 e. The van der Waals surface area contributed by atoms with Gasteiger partial charge in [-0.05, 0) is 115 Å². The molecule has 0 fully saturated rings. The molecule has 12 aromatic heterocycles. The number of aromatic amines is 4. The van der Waals surface area contributed by atoms with E-state index in [9.17, 15) is 0 Å². The highest BCUT2D eigenvalue weighted by Gasteiger charge is 2.20. The molecule has 0 spiro atoms. The summed E-state index contributed by atoms with van der Waals surface area (Å²) < 4.78 is 7.48. The van der Waals surface area contributed by atoms with Crippen LogP contribution in [0.15, 0.2) is 86.2 Å². The maximum absolute atomic E-state index is 4.67. The number of fused-ring (bicyclic) bond motifs is 4. The molecule has 80 heavy (non-hydrogen) atoms. The first-order valence-electron chi connectivity index (χ1n) is 27.2. The lowest BCUT2D eigenvalue weighted by molar-refractivity contribution is 0.720. The Hall–Kier alpha value is -9.20. The molecular formula is C60H76N20. The summed E-state index contributed by atoms with van der Waals surface area (Å²) in [6.45, 7) is 21.2. The SMILES string of the molecule is CCc1cc(-c2cnc3[nH]cc(C)c3c2NC(C)C)nn1C.CCc1cc(-c2cnc3[nH]cc(C)c3c2NC)nn1C.CNc1c(-c2ccn(C)n2)cnc2[nH]cc(C)c12.Cc1c[nH]c2ncc(-c3ccn(C)n3)c(NC(C)C)c12. The lowest BCUT2D eigenvalue weighted by Crippen LogP contribution is -2.11. The lowest BCUT2D eigenvalue weighted by atomic mass is 10.1. The van der Waals surface area contributed by atoms with Crippen LogP contribution in [0.2, 0.25) is 0 Å². The minimum Gasteiger partial charge on any atom is -0.387 e. The molecule has 0 amide bonds. The molecule has 12 aromatic rings. The molecule has 0 saturated carbocycles. The van der Waals surface area contributed by atoms with E-state index in [-0.39, 0.29) is 0 Å². The summed E-state index contributed by atoms with van der Waals surface area (Å²) in [4.78, 5) is 30.8. The molecule has 20 nitrogen and oxygen atoms in total. The number of anilines is 4. The van der Waals surface area contributed by atoms with Crippen LogP contribution in [0, 0.1) is 27.7 Å². The Morgan fingerprint density at radius 3 is 1.01 bits per heavy atom. The Bertz CT molecular complexity index is 4080. The lowest BCUT2D eigenvalue weighted by Gasteiger charge is -2.15. The third kappa shape index (κ3) is 11.1. The predicted octanol–water partition coefficient (Wildman–Crippen LogP) is 11.9. The zero-order valence-corrected chi connectivity index (χ0v) is 49.0. The van der Waals surface area contributed by atoms with Crippen LogP contribution >= 0.6 is 0 Å². The standard InChI is InChI=1S/C17H23N5.2C15H19N5.C13H15N5/c1-6-12-7-14(21-22(12)5)13-9-19-17-15(11(4)8-18-17)16(13)20-10(2)3;1-9(2)18-14-11(12-5-6-20(4)19-12)8-17-15-13(14)10(3)7-16-15;1-5-10-6-12(19-20(10)4)11-8-18-15-13(14(11)16-3)9(2)7-17-15;1-8-6-15-13-11(8)12(14-2)9(7-16-13)10-4-5-18(3)17-10/h7-10H,6H2,1-5H3,(H2,18,19,20);5-9H,1-4H3,(H2,16,17,18);6-8H,5H2,1-4H3,(H2,16,17,18);4-7H,1-3H3,(H2,14,15,16). The number of nitrogens with zero attached hydrogens (tertiary/aromatic N) is 12. The van der Waals surface area contributed by atoms with E-state index < -0.39 is 0 Å². The van der Waals surface area contributed by atoms with E-state index in [2.05, 4.69) is 163 Å². The minimum atomic E-state index is 0.341. The molecule has 0 aliphatic rings. The molecule has 20 heteroatoms. The Morgan fingerprint density at radius 2 is 0.738 bits per heavy atom. The molecule has 12 rings (SSSR count). The second-order valence-corrected chi connectivity index (χ2v) is 20.8. The van der Waals surface area contributed by atoms with Gasteiger partial charge in [-0.25, -0.2) is 19.9 Å². The highest BCUT2D eigenvalue weighted by molar-refractivity contribution is 6.02. The highest BCUT2D eigenvalue weighted by atomic mass is 15.3. The fourth-order valence-corrected chi connectivity index (χ4v) is 10.2. The number of nitrogens with one attached hydrogen (secondary N) is 8. The zero-order valence-electron chi connectivity index (χ0n) is 49.0. The Balaban J connectivity index is 0.000000129. The van der Waals surface area contributed by atoms with Crippen molar-refractivity contribution in [2.45, 2.75) is 94.2 Å². The van der Waals surface area contributed by atoms with Crippen molar-refractivity contribution < 1.29 is 0 Å². The Morgan fingerprint density at radius 1 is 0.438 bits per heavy atom. The van der Waals surface area contributed by atoms with E-state index in [0.29, 0.717) is 12.1 Å². The first kappa shape index (κ1) is 55.6. The van der Waals surface area contributed by atoms with Crippen LogP contribution in [0.5, 0.6) is 0 Å². The Kier molecular flexibility index (Phi) is 16.3. The van der Waals surface area contributed by atoms with Crippen molar-refractivity contribution in [3.05, 3.63) is 120 Å². The van der Waals surface area contributed by atoms with Gasteiger partial charge in [0, 0.05) is 172 Å². The summed E-state index contributed by atoms with van der Waals surface area (Å²) in [5, 5.41) is 36.4. The van der Waals surface area contributed by atoms with Crippen LogP contribution in [0.4, 0.5) is 22.7 Å². The van der Waals surface area contributed by atoms with Crippen LogP contribution < -0.4 is 21.3 Å². The van der Waals surface area contributed by atoms with E-state index in [1.165, 1.54) is 33.6 Å². The van der Waals surface area contributed by atoms with Gasteiger partial charge in [-0.1, -0.05) is 13.8 Å². The molecular weight excluding hydrogens is 1000 g/mol. The first-order chi connectivity index (χ1) is 38.4. The number of hydrogen-bond donors (Lipinski definition) is 8. The topological polar surface area (TPSA) is 234 Å². The van der Waals surface area contributed by atoms with Crippen molar-refractivity contribution in [3.8, 4) is 45.0 Å². The highest BCUT2D eigenvalue weighted by Crippen LogP contribution is 2.38. The first-order valence-corrected chi connectivity index (χ1v) is 27.2. The predicted molar refractivity (Wildman–Crippen MR) is 327 cm³/mol. The van der Waals surface area contributed by atoms with Crippen LogP contribution in [-0.2, 0) is 41.0 Å². The second kappa shape index (κ2) is 23.4. The van der Waals surface area contributed by atoms with Gasteiger partial charge in [0.25, 0.3) is 0 Å². The number of rotatable bonds is 12. The molecule has 0 atom stereocenters. The maximum atomic E-state index is 4.67. The van der Waals surface area contributed by atoms with Crippen molar-refractivity contribution in [2.75, 3.05) is 35.4 Å². The molecule has 0 radical (unpaired) electrons. The Labute approximate surface area is 466 Å². The van der Waals surface area contributed by atoms with Gasteiger partial charge in [0.05, 0.1) is 45.5 Å². The van der Waals surface area contributed by atoms with Crippen molar-refractivity contribution >= 4 is 66.9 Å². The number of H-pyrrole nitrogens is 4. The molecule has 0 unspecified atom stereocenters. The molecule has 0 aliphatic carbocycles. The summed E-state index contributed by atoms with van der Waals surface area (Å²) >= 11 is 0. The van der Waals surface area contributed by atoms with Crippen LogP contribution in [0.1, 0.15) is 75.2 Å². The molecule has 8 N–H and O–H groups in total. The van der Waals surface area contributed by atoms with E-state index in [4.69, 9.17) is 0 Å². The van der Waals surface area contributed by atoms with Crippen molar-refractivity contribution in [1.29, 1.82) is 0 Å².